The van der Waals surface area contributed by atoms with E-state index in [1.165, 1.54) is 29.5 Å². The van der Waals surface area contributed by atoms with Gasteiger partial charge in [-0.3, -0.25) is 4.79 Å². The Morgan fingerprint density at radius 3 is 3.05 bits per heavy atom. The lowest BCUT2D eigenvalue weighted by Crippen LogP contribution is -2.24. The summed E-state index contributed by atoms with van der Waals surface area (Å²) >= 11 is 1.43. The molecule has 0 spiro atoms. The van der Waals surface area contributed by atoms with E-state index in [2.05, 4.69) is 22.1 Å². The van der Waals surface area contributed by atoms with Crippen LogP contribution in [0.25, 0.3) is 0 Å². The number of hydrogen-bond acceptors (Lipinski definition) is 4. The lowest BCUT2D eigenvalue weighted by Gasteiger charge is -2.05. The summed E-state index contributed by atoms with van der Waals surface area (Å²) in [6.45, 7) is 0.220. The zero-order valence-electron chi connectivity index (χ0n) is 11.1. The van der Waals surface area contributed by atoms with Crippen LogP contribution in [0.4, 0.5) is 4.39 Å². The summed E-state index contributed by atoms with van der Waals surface area (Å²) in [5.74, 6) is 4.39. The van der Waals surface area contributed by atoms with Crippen molar-refractivity contribution in [2.24, 2.45) is 0 Å². The van der Waals surface area contributed by atoms with Crippen molar-refractivity contribution in [2.45, 2.75) is 13.0 Å². The Kier molecular flexibility index (Phi) is 5.43. The number of aliphatic hydroxyl groups is 1. The number of aromatic nitrogens is 1. The molecule has 21 heavy (non-hydrogen) atoms. The Morgan fingerprint density at radius 1 is 1.48 bits per heavy atom. The molecule has 0 saturated carbocycles. The third-order valence-corrected chi connectivity index (χ3v) is 3.23. The van der Waals surface area contributed by atoms with Crippen LogP contribution in [0.5, 0.6) is 0 Å². The summed E-state index contributed by atoms with van der Waals surface area (Å²) in [7, 11) is 0. The van der Waals surface area contributed by atoms with E-state index >= 15 is 0 Å². The number of rotatable bonds is 4. The molecule has 0 unspecified atom stereocenters. The molecule has 2 aromatic rings. The van der Waals surface area contributed by atoms with E-state index < -0.39 is 11.7 Å². The van der Waals surface area contributed by atoms with E-state index in [-0.39, 0.29) is 18.7 Å². The number of halogens is 1. The molecule has 0 atom stereocenters. The van der Waals surface area contributed by atoms with E-state index in [4.69, 9.17) is 5.11 Å². The molecule has 4 nitrogen and oxygen atoms in total. The smallest absolute Gasteiger partial charge is 0.254 e. The number of nitrogens with zero attached hydrogens (tertiary/aromatic N) is 1. The normalized spacial score (nSPS) is 9.81. The van der Waals surface area contributed by atoms with Gasteiger partial charge in [0, 0.05) is 17.4 Å². The number of hydrogen-bond donors (Lipinski definition) is 2. The number of thiazole rings is 1. The summed E-state index contributed by atoms with van der Waals surface area (Å²) < 4.78 is 13.7. The first-order chi connectivity index (χ1) is 10.2. The van der Waals surface area contributed by atoms with Crippen molar-refractivity contribution < 1.29 is 14.3 Å². The van der Waals surface area contributed by atoms with Crippen LogP contribution in [-0.2, 0) is 6.54 Å². The molecule has 2 rings (SSSR count). The molecule has 0 bridgehead atoms. The first-order valence-electron chi connectivity index (χ1n) is 6.25. The third kappa shape index (κ3) is 4.38. The molecule has 1 amide bonds. The van der Waals surface area contributed by atoms with Crippen molar-refractivity contribution in [1.29, 1.82) is 0 Å². The van der Waals surface area contributed by atoms with E-state index in [9.17, 15) is 9.18 Å². The molecule has 0 aliphatic carbocycles. The predicted octanol–water partition coefficient (Wildman–Crippen LogP) is 1.95. The highest BCUT2D eigenvalue weighted by Crippen LogP contribution is 2.10. The maximum absolute atomic E-state index is 13.7. The Hall–Kier alpha value is -2.23. The van der Waals surface area contributed by atoms with Gasteiger partial charge in [0.2, 0.25) is 0 Å². The summed E-state index contributed by atoms with van der Waals surface area (Å²) in [6, 6.07) is 4.10. The van der Waals surface area contributed by atoms with Gasteiger partial charge in [0.15, 0.2) is 0 Å². The summed E-state index contributed by atoms with van der Waals surface area (Å²) in [5, 5.41) is 13.1. The highest BCUT2D eigenvalue weighted by Gasteiger charge is 2.12. The van der Waals surface area contributed by atoms with E-state index in [0.717, 1.165) is 5.69 Å². The second kappa shape index (κ2) is 7.53. The molecule has 2 N–H and O–H groups in total. The van der Waals surface area contributed by atoms with Crippen molar-refractivity contribution in [3.63, 3.8) is 0 Å². The minimum absolute atomic E-state index is 0.0326. The fourth-order valence-corrected chi connectivity index (χ4v) is 2.15. The number of aliphatic hydroxyl groups excluding tert-OH is 1. The Morgan fingerprint density at radius 2 is 2.33 bits per heavy atom. The first-order valence-corrected chi connectivity index (χ1v) is 7.19. The van der Waals surface area contributed by atoms with Crippen molar-refractivity contribution in [3.8, 4) is 11.8 Å². The van der Waals surface area contributed by atoms with Crippen LogP contribution in [-0.4, -0.2) is 22.6 Å². The lowest BCUT2D eigenvalue weighted by molar-refractivity contribution is 0.0946. The van der Waals surface area contributed by atoms with Gasteiger partial charge >= 0.3 is 0 Å². The van der Waals surface area contributed by atoms with E-state index in [1.54, 1.807) is 5.51 Å². The number of carbonyl (C=O) groups excluding carboxylic acids is 1. The SMILES string of the molecule is O=C(NCc1cscn1)c1cc(C#CCCO)ccc1F. The molecule has 1 aromatic heterocycles. The molecule has 0 aliphatic rings. The zero-order chi connectivity index (χ0) is 15.1. The quantitative estimate of drug-likeness (QED) is 0.849. The fourth-order valence-electron chi connectivity index (χ4n) is 1.59. The molecule has 1 aromatic carbocycles. The number of amides is 1. The van der Waals surface area contributed by atoms with Gasteiger partial charge in [0.05, 0.1) is 29.9 Å². The van der Waals surface area contributed by atoms with Crippen LogP contribution in [0.2, 0.25) is 0 Å². The summed E-state index contributed by atoms with van der Waals surface area (Å²) in [4.78, 5) is 16.0. The molecular formula is C15H13FN2O2S. The molecule has 108 valence electrons. The van der Waals surface area contributed by atoms with Gasteiger partial charge in [-0.1, -0.05) is 11.8 Å². The Labute approximate surface area is 125 Å². The van der Waals surface area contributed by atoms with E-state index in [0.29, 0.717) is 12.0 Å². The van der Waals surface area contributed by atoms with Gasteiger partial charge in [-0.15, -0.1) is 11.3 Å². The second-order valence-corrected chi connectivity index (χ2v) is 4.85. The summed E-state index contributed by atoms with van der Waals surface area (Å²) in [6.07, 6.45) is 0.336. The minimum Gasteiger partial charge on any atom is -0.395 e. The van der Waals surface area contributed by atoms with Crippen LogP contribution >= 0.6 is 11.3 Å². The third-order valence-electron chi connectivity index (χ3n) is 2.59. The molecular weight excluding hydrogens is 291 g/mol. The maximum atomic E-state index is 13.7. The average molecular weight is 304 g/mol. The monoisotopic (exact) mass is 304 g/mol. The van der Waals surface area contributed by atoms with Gasteiger partial charge < -0.3 is 10.4 Å². The van der Waals surface area contributed by atoms with Crippen LogP contribution < -0.4 is 5.32 Å². The number of benzene rings is 1. The second-order valence-electron chi connectivity index (χ2n) is 4.13. The predicted molar refractivity (Wildman–Crippen MR) is 78.3 cm³/mol. The minimum atomic E-state index is -0.599. The van der Waals surface area contributed by atoms with Gasteiger partial charge in [0.25, 0.3) is 5.91 Å². The van der Waals surface area contributed by atoms with E-state index in [1.807, 2.05) is 5.38 Å². The standard InChI is InChI=1S/C15H13FN2O2S/c16-14-5-4-11(3-1-2-6-19)7-13(14)15(20)17-8-12-9-21-10-18-12/h4-5,7,9-10,19H,2,6,8H2,(H,17,20). The number of carbonyl (C=O) groups is 1. The Balaban J connectivity index is 2.09. The highest BCUT2D eigenvalue weighted by molar-refractivity contribution is 7.07. The lowest BCUT2D eigenvalue weighted by atomic mass is 10.1. The van der Waals surface area contributed by atoms with Gasteiger partial charge in [-0.25, -0.2) is 9.37 Å². The summed E-state index contributed by atoms with van der Waals surface area (Å²) in [5.41, 5.74) is 2.87. The Bertz CT molecular complexity index is 675. The average Bonchev–Trinajstić information content (AvgIpc) is 3.00. The van der Waals surface area contributed by atoms with Crippen LogP contribution in [0.15, 0.2) is 29.1 Å². The molecule has 0 aliphatic heterocycles. The number of nitrogens with one attached hydrogen (secondary N) is 1. The van der Waals surface area contributed by atoms with Crippen molar-refractivity contribution in [2.75, 3.05) is 6.61 Å². The zero-order valence-corrected chi connectivity index (χ0v) is 11.9. The molecule has 0 radical (unpaired) electrons. The largest absolute Gasteiger partial charge is 0.395 e. The van der Waals surface area contributed by atoms with Gasteiger partial charge in [-0.2, -0.15) is 0 Å². The van der Waals surface area contributed by atoms with Gasteiger partial charge in [0.1, 0.15) is 5.82 Å². The van der Waals surface area contributed by atoms with Crippen LogP contribution in [0.3, 0.4) is 0 Å². The molecule has 1 heterocycles. The molecule has 6 heteroatoms. The highest BCUT2D eigenvalue weighted by atomic mass is 32.1. The van der Waals surface area contributed by atoms with Crippen molar-refractivity contribution >= 4 is 17.2 Å². The topological polar surface area (TPSA) is 62.2 Å². The van der Waals surface area contributed by atoms with Gasteiger partial charge in [-0.05, 0) is 18.2 Å². The van der Waals surface area contributed by atoms with Crippen LogP contribution in [0.1, 0.15) is 28.0 Å². The van der Waals surface area contributed by atoms with Crippen LogP contribution in [0, 0.1) is 17.7 Å². The molecule has 0 saturated heterocycles. The fraction of sp³-hybridized carbons (Fsp3) is 0.200. The van der Waals surface area contributed by atoms with Crippen molar-refractivity contribution in [1.82, 2.24) is 10.3 Å². The van der Waals surface area contributed by atoms with Crippen molar-refractivity contribution in [3.05, 3.63) is 51.7 Å². The molecule has 0 fully saturated rings. The first kappa shape index (κ1) is 15.2. The maximum Gasteiger partial charge on any atom is 0.254 e.